The van der Waals surface area contributed by atoms with E-state index in [1.165, 1.54) is 0 Å². The van der Waals surface area contributed by atoms with E-state index in [0.717, 1.165) is 11.3 Å². The molecular formula is C17H15Cl2N3O2. The Labute approximate surface area is 149 Å². The average molecular weight is 364 g/mol. The summed E-state index contributed by atoms with van der Waals surface area (Å²) in [4.78, 5) is 4.37. The van der Waals surface area contributed by atoms with Crippen LogP contribution in [0, 0.1) is 0 Å². The van der Waals surface area contributed by atoms with Gasteiger partial charge in [-0.2, -0.15) is 4.98 Å². The Hall–Kier alpha value is -2.24. The minimum absolute atomic E-state index is 0.351. The lowest BCUT2D eigenvalue weighted by Gasteiger charge is -2.06. The normalized spacial score (nSPS) is 10.6. The second kappa shape index (κ2) is 7.55. The molecule has 0 aliphatic carbocycles. The number of ether oxygens (including phenoxy) is 1. The molecule has 0 unspecified atom stereocenters. The highest BCUT2D eigenvalue weighted by Gasteiger charge is 2.10. The van der Waals surface area contributed by atoms with Gasteiger partial charge in [-0.05, 0) is 43.3 Å². The molecule has 0 spiro atoms. The molecule has 0 aliphatic rings. The molecule has 0 saturated carbocycles. The Kier molecular flexibility index (Phi) is 5.23. The SMILES string of the molecule is CCOc1ccc(-c2noc(CNc3cccc(Cl)c3Cl)n2)cc1. The van der Waals surface area contributed by atoms with Crippen molar-refractivity contribution in [2.75, 3.05) is 11.9 Å². The van der Waals surface area contributed by atoms with E-state index in [9.17, 15) is 0 Å². The topological polar surface area (TPSA) is 60.2 Å². The summed E-state index contributed by atoms with van der Waals surface area (Å²) in [6, 6.07) is 12.9. The van der Waals surface area contributed by atoms with Crippen molar-refractivity contribution in [3.05, 3.63) is 58.4 Å². The number of halogens is 2. The van der Waals surface area contributed by atoms with Crippen LogP contribution in [-0.2, 0) is 6.54 Å². The molecule has 5 nitrogen and oxygen atoms in total. The monoisotopic (exact) mass is 363 g/mol. The first-order chi connectivity index (χ1) is 11.7. The molecule has 1 N–H and O–H groups in total. The number of aromatic nitrogens is 2. The lowest BCUT2D eigenvalue weighted by atomic mass is 10.2. The molecule has 2 aromatic carbocycles. The molecular weight excluding hydrogens is 349 g/mol. The van der Waals surface area contributed by atoms with Crippen LogP contribution in [0.2, 0.25) is 10.0 Å². The maximum absolute atomic E-state index is 6.13. The van der Waals surface area contributed by atoms with E-state index < -0.39 is 0 Å². The Bertz CT molecular complexity index is 819. The quantitative estimate of drug-likeness (QED) is 0.663. The van der Waals surface area contributed by atoms with Gasteiger partial charge in [-0.15, -0.1) is 0 Å². The number of rotatable bonds is 6. The second-order valence-electron chi connectivity index (χ2n) is 4.92. The van der Waals surface area contributed by atoms with Crippen LogP contribution in [0.25, 0.3) is 11.4 Å². The lowest BCUT2D eigenvalue weighted by molar-refractivity contribution is 0.340. The fourth-order valence-electron chi connectivity index (χ4n) is 2.12. The lowest BCUT2D eigenvalue weighted by Crippen LogP contribution is -2.00. The maximum atomic E-state index is 6.13. The van der Waals surface area contributed by atoms with Gasteiger partial charge >= 0.3 is 0 Å². The predicted molar refractivity (Wildman–Crippen MR) is 94.7 cm³/mol. The van der Waals surface area contributed by atoms with Crippen LogP contribution < -0.4 is 10.1 Å². The molecule has 7 heteroatoms. The standard InChI is InChI=1S/C17H15Cl2N3O2/c1-2-23-12-8-6-11(7-9-12)17-21-15(24-22-17)10-20-14-5-3-4-13(18)16(14)19/h3-9,20H,2,10H2,1H3. The highest BCUT2D eigenvalue weighted by molar-refractivity contribution is 6.43. The first-order valence-electron chi connectivity index (χ1n) is 7.41. The van der Waals surface area contributed by atoms with Crippen LogP contribution in [0.4, 0.5) is 5.69 Å². The smallest absolute Gasteiger partial charge is 0.246 e. The van der Waals surface area contributed by atoms with Gasteiger partial charge < -0.3 is 14.6 Å². The van der Waals surface area contributed by atoms with Crippen molar-refractivity contribution in [2.45, 2.75) is 13.5 Å². The number of nitrogens with one attached hydrogen (secondary N) is 1. The predicted octanol–water partition coefficient (Wildman–Crippen LogP) is 5.05. The average Bonchev–Trinajstić information content (AvgIpc) is 3.06. The molecule has 0 saturated heterocycles. The molecule has 1 heterocycles. The van der Waals surface area contributed by atoms with Gasteiger partial charge in [-0.25, -0.2) is 0 Å². The minimum Gasteiger partial charge on any atom is -0.494 e. The Morgan fingerprint density at radius 2 is 1.92 bits per heavy atom. The van der Waals surface area contributed by atoms with Crippen molar-refractivity contribution in [3.8, 4) is 17.1 Å². The molecule has 1 aromatic heterocycles. The van der Waals surface area contributed by atoms with Crippen LogP contribution in [0.15, 0.2) is 47.0 Å². The third kappa shape index (κ3) is 3.80. The van der Waals surface area contributed by atoms with E-state index in [4.69, 9.17) is 32.5 Å². The second-order valence-corrected chi connectivity index (χ2v) is 5.71. The van der Waals surface area contributed by atoms with Crippen molar-refractivity contribution in [3.63, 3.8) is 0 Å². The van der Waals surface area contributed by atoms with Gasteiger partial charge in [-0.3, -0.25) is 0 Å². The molecule has 24 heavy (non-hydrogen) atoms. The molecule has 0 amide bonds. The summed E-state index contributed by atoms with van der Waals surface area (Å²) in [5.74, 6) is 1.78. The fourth-order valence-corrected chi connectivity index (χ4v) is 2.49. The van der Waals surface area contributed by atoms with Crippen molar-refractivity contribution < 1.29 is 9.26 Å². The van der Waals surface area contributed by atoms with Crippen LogP contribution in [0.1, 0.15) is 12.8 Å². The molecule has 0 bridgehead atoms. The molecule has 0 atom stereocenters. The Morgan fingerprint density at radius 1 is 1.12 bits per heavy atom. The molecule has 0 fully saturated rings. The molecule has 0 aliphatic heterocycles. The first kappa shape index (κ1) is 16.6. The highest BCUT2D eigenvalue weighted by atomic mass is 35.5. The molecule has 3 aromatic rings. The van der Waals surface area contributed by atoms with E-state index >= 15 is 0 Å². The van der Waals surface area contributed by atoms with E-state index in [2.05, 4.69) is 15.5 Å². The zero-order valence-corrected chi connectivity index (χ0v) is 14.4. The Morgan fingerprint density at radius 3 is 2.67 bits per heavy atom. The molecule has 3 rings (SSSR count). The van der Waals surface area contributed by atoms with E-state index in [1.807, 2.05) is 43.3 Å². The third-order valence-corrected chi connectivity index (χ3v) is 4.09. The number of benzene rings is 2. The van der Waals surface area contributed by atoms with Crippen molar-refractivity contribution in [2.24, 2.45) is 0 Å². The zero-order chi connectivity index (χ0) is 16.9. The van der Waals surface area contributed by atoms with Gasteiger partial charge in [0.1, 0.15) is 5.75 Å². The van der Waals surface area contributed by atoms with Crippen molar-refractivity contribution >= 4 is 28.9 Å². The van der Waals surface area contributed by atoms with E-state index in [0.29, 0.717) is 40.6 Å². The minimum atomic E-state index is 0.351. The van der Waals surface area contributed by atoms with E-state index in [1.54, 1.807) is 6.07 Å². The summed E-state index contributed by atoms with van der Waals surface area (Å²) < 4.78 is 10.7. The molecule has 0 radical (unpaired) electrons. The summed E-state index contributed by atoms with van der Waals surface area (Å²) >= 11 is 12.1. The summed E-state index contributed by atoms with van der Waals surface area (Å²) in [5.41, 5.74) is 1.57. The fraction of sp³-hybridized carbons (Fsp3) is 0.176. The van der Waals surface area contributed by atoms with Gasteiger partial charge in [0.05, 0.1) is 28.9 Å². The maximum Gasteiger partial charge on any atom is 0.246 e. The van der Waals surface area contributed by atoms with Gasteiger partial charge in [0.25, 0.3) is 0 Å². The number of anilines is 1. The van der Waals surface area contributed by atoms with Crippen LogP contribution >= 0.6 is 23.2 Å². The largest absolute Gasteiger partial charge is 0.494 e. The summed E-state index contributed by atoms with van der Waals surface area (Å²) in [6.45, 7) is 2.92. The van der Waals surface area contributed by atoms with Gasteiger partial charge in [-0.1, -0.05) is 34.4 Å². The summed E-state index contributed by atoms with van der Waals surface area (Å²) in [6.07, 6.45) is 0. The Balaban J connectivity index is 1.68. The number of hydrogen-bond donors (Lipinski definition) is 1. The third-order valence-electron chi connectivity index (χ3n) is 3.27. The van der Waals surface area contributed by atoms with Crippen molar-refractivity contribution in [1.82, 2.24) is 10.1 Å². The first-order valence-corrected chi connectivity index (χ1v) is 8.16. The van der Waals surface area contributed by atoms with Crippen LogP contribution in [-0.4, -0.2) is 16.7 Å². The molecule has 124 valence electrons. The summed E-state index contributed by atoms with van der Waals surface area (Å²) in [5, 5.41) is 8.07. The summed E-state index contributed by atoms with van der Waals surface area (Å²) in [7, 11) is 0. The number of hydrogen-bond acceptors (Lipinski definition) is 5. The van der Waals surface area contributed by atoms with Gasteiger partial charge in [0.2, 0.25) is 11.7 Å². The van der Waals surface area contributed by atoms with Crippen LogP contribution in [0.3, 0.4) is 0 Å². The zero-order valence-electron chi connectivity index (χ0n) is 12.9. The number of nitrogens with zero attached hydrogens (tertiary/aromatic N) is 2. The van der Waals surface area contributed by atoms with Crippen molar-refractivity contribution in [1.29, 1.82) is 0 Å². The van der Waals surface area contributed by atoms with E-state index in [-0.39, 0.29) is 0 Å². The van der Waals surface area contributed by atoms with Gasteiger partial charge in [0.15, 0.2) is 0 Å². The highest BCUT2D eigenvalue weighted by Crippen LogP contribution is 2.29. The van der Waals surface area contributed by atoms with Gasteiger partial charge in [0, 0.05) is 5.56 Å². The van der Waals surface area contributed by atoms with Crippen LogP contribution in [0.5, 0.6) is 5.75 Å².